The molecule has 0 aliphatic carbocycles. The number of H-pyrrole nitrogens is 1. The molecule has 1 atom stereocenters. The zero-order chi connectivity index (χ0) is 15.9. The maximum atomic E-state index is 11.8. The van der Waals surface area contributed by atoms with Crippen molar-refractivity contribution in [3.8, 4) is 0 Å². The molecule has 0 aromatic carbocycles. The minimum Gasteiger partial charge on any atom is -0.394 e. The summed E-state index contributed by atoms with van der Waals surface area (Å²) in [6, 6.07) is -0.427. The molecule has 0 radical (unpaired) electrons. The molecule has 1 heterocycles. The van der Waals surface area contributed by atoms with Crippen molar-refractivity contribution in [1.29, 1.82) is 0 Å². The first-order valence-corrected chi connectivity index (χ1v) is 7.46. The molecule has 0 saturated carbocycles. The van der Waals surface area contributed by atoms with Crippen molar-refractivity contribution in [2.24, 2.45) is 5.41 Å². The maximum Gasteiger partial charge on any atom is 0.315 e. The molecule has 0 fully saturated rings. The lowest BCUT2D eigenvalue weighted by atomic mass is 9.88. The fraction of sp³-hybridized carbons (Fsp3) is 0.733. The molecule has 0 aliphatic heterocycles. The minimum absolute atomic E-state index is 0.0428. The van der Waals surface area contributed by atoms with Gasteiger partial charge in [0.15, 0.2) is 0 Å². The van der Waals surface area contributed by atoms with Gasteiger partial charge in [-0.3, -0.25) is 5.10 Å². The lowest BCUT2D eigenvalue weighted by Gasteiger charge is -2.25. The van der Waals surface area contributed by atoms with Crippen molar-refractivity contribution >= 4 is 6.03 Å². The predicted octanol–water partition coefficient (Wildman–Crippen LogP) is 1.75. The number of carbonyl (C=O) groups excluding carboxylic acids is 1. The molecular formula is C15H28N4O2. The molecule has 0 saturated heterocycles. The highest BCUT2D eigenvalue weighted by atomic mass is 16.3. The van der Waals surface area contributed by atoms with Gasteiger partial charge in [0.2, 0.25) is 0 Å². The first kappa shape index (κ1) is 17.5. The summed E-state index contributed by atoms with van der Waals surface area (Å²) in [5.74, 6) is 0. The van der Waals surface area contributed by atoms with Gasteiger partial charge in [-0.05, 0) is 37.2 Å². The summed E-state index contributed by atoms with van der Waals surface area (Å²) >= 11 is 0. The SMILES string of the molecule is Cc1[nH]ncc1CCCNC(=O)NC(CO)CC(C)(C)C. The van der Waals surface area contributed by atoms with Crippen LogP contribution >= 0.6 is 0 Å². The van der Waals surface area contributed by atoms with Gasteiger partial charge >= 0.3 is 6.03 Å². The zero-order valence-electron chi connectivity index (χ0n) is 13.5. The van der Waals surface area contributed by atoms with Crippen LogP contribution in [-0.2, 0) is 6.42 Å². The molecule has 6 heteroatoms. The Morgan fingerprint density at radius 1 is 1.48 bits per heavy atom. The predicted molar refractivity (Wildman–Crippen MR) is 83.1 cm³/mol. The van der Waals surface area contributed by atoms with E-state index >= 15 is 0 Å². The summed E-state index contributed by atoms with van der Waals surface area (Å²) in [6.07, 6.45) is 4.30. The van der Waals surface area contributed by atoms with Crippen LogP contribution in [0.25, 0.3) is 0 Å². The van der Waals surface area contributed by atoms with Crippen LogP contribution in [0.15, 0.2) is 6.20 Å². The van der Waals surface area contributed by atoms with E-state index in [0.717, 1.165) is 25.0 Å². The Labute approximate surface area is 126 Å². The third-order valence-electron chi connectivity index (χ3n) is 3.26. The molecule has 4 N–H and O–H groups in total. The molecule has 120 valence electrons. The standard InChI is InChI=1S/C15H28N4O2/c1-11-12(9-17-19-11)6-5-7-16-14(21)18-13(10-20)8-15(2,3)4/h9,13,20H,5-8,10H2,1-4H3,(H,17,19)(H2,16,18,21). The fourth-order valence-corrected chi connectivity index (χ4v) is 2.25. The quantitative estimate of drug-likeness (QED) is 0.578. The molecule has 1 rings (SSSR count). The largest absolute Gasteiger partial charge is 0.394 e. The second-order valence-corrected chi connectivity index (χ2v) is 6.67. The highest BCUT2D eigenvalue weighted by Crippen LogP contribution is 2.20. The monoisotopic (exact) mass is 296 g/mol. The second kappa shape index (κ2) is 8.02. The average molecular weight is 296 g/mol. The number of aliphatic hydroxyl groups is 1. The number of urea groups is 1. The number of aliphatic hydroxyl groups excluding tert-OH is 1. The van der Waals surface area contributed by atoms with Crippen LogP contribution in [0.4, 0.5) is 4.79 Å². The Morgan fingerprint density at radius 2 is 2.19 bits per heavy atom. The molecular weight excluding hydrogens is 268 g/mol. The van der Waals surface area contributed by atoms with E-state index < -0.39 is 0 Å². The number of nitrogens with zero attached hydrogens (tertiary/aromatic N) is 1. The number of carbonyl (C=O) groups is 1. The molecule has 1 aromatic rings. The smallest absolute Gasteiger partial charge is 0.315 e. The van der Waals surface area contributed by atoms with Gasteiger partial charge in [0.25, 0.3) is 0 Å². The van der Waals surface area contributed by atoms with Crippen molar-refractivity contribution in [2.45, 2.75) is 53.0 Å². The Balaban J connectivity index is 2.22. The second-order valence-electron chi connectivity index (χ2n) is 6.67. The Hall–Kier alpha value is -1.56. The summed E-state index contributed by atoms with van der Waals surface area (Å²) in [4.78, 5) is 11.8. The Bertz CT molecular complexity index is 437. The van der Waals surface area contributed by atoms with E-state index in [1.807, 2.05) is 13.1 Å². The number of aromatic amines is 1. The lowest BCUT2D eigenvalue weighted by molar-refractivity contribution is 0.191. The summed E-state index contributed by atoms with van der Waals surface area (Å²) in [5, 5.41) is 21.8. The summed E-state index contributed by atoms with van der Waals surface area (Å²) in [5.41, 5.74) is 2.32. The highest BCUT2D eigenvalue weighted by molar-refractivity contribution is 5.74. The number of rotatable bonds is 7. The normalized spacial score (nSPS) is 13.0. The van der Waals surface area contributed by atoms with Gasteiger partial charge in [-0.1, -0.05) is 20.8 Å². The van der Waals surface area contributed by atoms with Gasteiger partial charge in [0, 0.05) is 12.2 Å². The van der Waals surface area contributed by atoms with Crippen LogP contribution in [0.1, 0.15) is 44.9 Å². The van der Waals surface area contributed by atoms with Crippen LogP contribution in [0.2, 0.25) is 0 Å². The third-order valence-corrected chi connectivity index (χ3v) is 3.26. The highest BCUT2D eigenvalue weighted by Gasteiger charge is 2.19. The van der Waals surface area contributed by atoms with Gasteiger partial charge in [0.1, 0.15) is 0 Å². The topological polar surface area (TPSA) is 90.0 Å². The molecule has 21 heavy (non-hydrogen) atoms. The Kier molecular flexibility index (Phi) is 6.68. The number of aryl methyl sites for hydroxylation is 2. The van der Waals surface area contributed by atoms with Crippen LogP contribution < -0.4 is 10.6 Å². The zero-order valence-corrected chi connectivity index (χ0v) is 13.5. The van der Waals surface area contributed by atoms with E-state index in [2.05, 4.69) is 41.6 Å². The molecule has 0 aliphatic rings. The van der Waals surface area contributed by atoms with Crippen LogP contribution in [0.5, 0.6) is 0 Å². The maximum absolute atomic E-state index is 11.8. The van der Waals surface area contributed by atoms with Crippen molar-refractivity contribution in [3.63, 3.8) is 0 Å². The minimum atomic E-state index is -0.220. The van der Waals surface area contributed by atoms with Crippen LogP contribution in [0.3, 0.4) is 0 Å². The van der Waals surface area contributed by atoms with Gasteiger partial charge in [-0.25, -0.2) is 4.79 Å². The molecule has 0 spiro atoms. The number of amides is 2. The molecule has 1 unspecified atom stereocenters. The summed E-state index contributed by atoms with van der Waals surface area (Å²) in [7, 11) is 0. The van der Waals surface area contributed by atoms with Gasteiger partial charge in [-0.2, -0.15) is 5.10 Å². The lowest BCUT2D eigenvalue weighted by Crippen LogP contribution is -2.45. The van der Waals surface area contributed by atoms with E-state index in [1.165, 1.54) is 5.56 Å². The number of hydrogen-bond acceptors (Lipinski definition) is 3. The average Bonchev–Trinajstić information content (AvgIpc) is 2.78. The van der Waals surface area contributed by atoms with Crippen LogP contribution in [0, 0.1) is 12.3 Å². The molecule has 1 aromatic heterocycles. The van der Waals surface area contributed by atoms with Gasteiger partial charge in [-0.15, -0.1) is 0 Å². The number of hydrogen-bond donors (Lipinski definition) is 4. The van der Waals surface area contributed by atoms with Crippen molar-refractivity contribution in [2.75, 3.05) is 13.2 Å². The van der Waals surface area contributed by atoms with E-state index in [1.54, 1.807) is 0 Å². The van der Waals surface area contributed by atoms with E-state index in [9.17, 15) is 9.90 Å². The molecule has 6 nitrogen and oxygen atoms in total. The van der Waals surface area contributed by atoms with E-state index in [-0.39, 0.29) is 24.1 Å². The summed E-state index contributed by atoms with van der Waals surface area (Å²) < 4.78 is 0. The van der Waals surface area contributed by atoms with Crippen LogP contribution in [-0.4, -0.2) is 40.5 Å². The van der Waals surface area contributed by atoms with E-state index in [0.29, 0.717) is 6.54 Å². The van der Waals surface area contributed by atoms with Crippen molar-refractivity contribution in [3.05, 3.63) is 17.5 Å². The van der Waals surface area contributed by atoms with Gasteiger partial charge in [0.05, 0.1) is 18.8 Å². The van der Waals surface area contributed by atoms with E-state index in [4.69, 9.17) is 0 Å². The number of nitrogens with one attached hydrogen (secondary N) is 3. The van der Waals surface area contributed by atoms with Gasteiger partial charge < -0.3 is 15.7 Å². The molecule has 2 amide bonds. The first-order chi connectivity index (χ1) is 9.81. The third kappa shape index (κ3) is 7.13. The number of aromatic nitrogens is 2. The summed E-state index contributed by atoms with van der Waals surface area (Å²) in [6.45, 7) is 8.80. The molecule has 0 bridgehead atoms. The van der Waals surface area contributed by atoms with Crippen molar-refractivity contribution in [1.82, 2.24) is 20.8 Å². The Morgan fingerprint density at radius 3 is 2.71 bits per heavy atom. The fourth-order valence-electron chi connectivity index (χ4n) is 2.25. The van der Waals surface area contributed by atoms with Crippen molar-refractivity contribution < 1.29 is 9.90 Å². The first-order valence-electron chi connectivity index (χ1n) is 7.46.